The number of methoxy groups -OCH3 is 1. The van der Waals surface area contributed by atoms with Crippen molar-refractivity contribution in [1.82, 2.24) is 51.0 Å². The van der Waals surface area contributed by atoms with Crippen molar-refractivity contribution in [2.45, 2.75) is 127 Å². The van der Waals surface area contributed by atoms with E-state index in [1.165, 1.54) is 0 Å². The fraction of sp³-hybridized carbons (Fsp3) is 0.528. The number of benzene rings is 2. The molecule has 5 heterocycles. The molecule has 6 N–H and O–H groups in total. The SMILES string of the molecule is COC(=O)N[C@H](C(=O)N[C@@H](Cc1ccc(C#Cc2cnc(N3CC4CCC(C3)N4C3COC3)nc2)cc1)[C@@H](O)CN(Cc1ccc(-c2ccn(C3CC3)n2)cc1)NC(=O)[C@@H](NC(=O)O)C(C)(C)C(F)(F)F)C(C)(C)C(F)(F)F. The van der Waals surface area contributed by atoms with Crippen LogP contribution in [0.4, 0.5) is 41.9 Å². The average Bonchev–Trinajstić information content (AvgIpc) is 4.07. The van der Waals surface area contributed by atoms with Gasteiger partial charge in [0.05, 0.1) is 66.6 Å². The summed E-state index contributed by atoms with van der Waals surface area (Å²) in [4.78, 5) is 66.3. The highest BCUT2D eigenvalue weighted by Crippen LogP contribution is 2.42. The molecule has 1 aliphatic carbocycles. The first-order chi connectivity index (χ1) is 36.8. The van der Waals surface area contributed by atoms with Gasteiger partial charge in [0.2, 0.25) is 11.9 Å². The maximum absolute atomic E-state index is 14.6. The molecule has 1 saturated carbocycles. The molecule has 2 aromatic heterocycles. The monoisotopic (exact) mass is 1100 g/mol. The third kappa shape index (κ3) is 13.3. The second-order valence-corrected chi connectivity index (χ2v) is 21.4. The summed E-state index contributed by atoms with van der Waals surface area (Å²) in [5.74, 6) is 3.83. The fourth-order valence-corrected chi connectivity index (χ4v) is 9.85. The van der Waals surface area contributed by atoms with Gasteiger partial charge in [-0.15, -0.1) is 0 Å². The number of hydrogen-bond acceptors (Lipinski definition) is 13. The molecule has 4 fully saturated rings. The number of carboxylic acid groups (broad SMARTS) is 1. The van der Waals surface area contributed by atoms with E-state index in [0.29, 0.717) is 91.3 Å². The Bertz CT molecular complexity index is 2820. The number of piperazine rings is 1. The van der Waals surface area contributed by atoms with Crippen LogP contribution < -0.4 is 26.3 Å². The molecule has 0 radical (unpaired) electrons. The summed E-state index contributed by atoms with van der Waals surface area (Å²) in [6.45, 7) is 4.72. The number of carbonyl (C=O) groups excluding carboxylic acids is 3. The fourth-order valence-electron chi connectivity index (χ4n) is 9.85. The molecule has 19 nitrogen and oxygen atoms in total. The van der Waals surface area contributed by atoms with E-state index >= 15 is 0 Å². The summed E-state index contributed by atoms with van der Waals surface area (Å²) < 4.78 is 98.8. The summed E-state index contributed by atoms with van der Waals surface area (Å²) in [5, 5.41) is 33.3. The zero-order valence-corrected chi connectivity index (χ0v) is 43.6. The van der Waals surface area contributed by atoms with Gasteiger partial charge in [0.25, 0.3) is 5.91 Å². The zero-order chi connectivity index (χ0) is 56.3. The molecule has 2 aromatic carbocycles. The Kier molecular flexibility index (Phi) is 17.0. The molecule has 420 valence electrons. The zero-order valence-electron chi connectivity index (χ0n) is 43.6. The molecule has 6 atom stereocenters. The number of ether oxygens (including phenoxy) is 2. The Labute approximate surface area is 446 Å². The number of nitrogens with zero attached hydrogens (tertiary/aromatic N) is 7. The lowest BCUT2D eigenvalue weighted by Crippen LogP contribution is -2.63. The number of anilines is 1. The number of aliphatic hydroxyl groups is 1. The Morgan fingerprint density at radius 2 is 1.32 bits per heavy atom. The van der Waals surface area contributed by atoms with Crippen molar-refractivity contribution in [2.75, 3.05) is 44.9 Å². The second kappa shape index (κ2) is 23.1. The predicted molar refractivity (Wildman–Crippen MR) is 270 cm³/mol. The van der Waals surface area contributed by atoms with Gasteiger partial charge in [-0.25, -0.2) is 24.6 Å². The molecular formula is C53H63F6N11O8. The van der Waals surface area contributed by atoms with E-state index in [0.717, 1.165) is 64.1 Å². The van der Waals surface area contributed by atoms with Gasteiger partial charge in [-0.2, -0.15) is 31.4 Å². The lowest BCUT2D eigenvalue weighted by atomic mass is 9.82. The lowest BCUT2D eigenvalue weighted by molar-refractivity contribution is -0.221. The minimum Gasteiger partial charge on any atom is -0.465 e. The molecule has 4 aliphatic rings. The number of alkyl halides is 6. The largest absolute Gasteiger partial charge is 0.465 e. The molecule has 25 heteroatoms. The maximum Gasteiger partial charge on any atom is 0.407 e. The maximum atomic E-state index is 14.6. The Morgan fingerprint density at radius 3 is 1.86 bits per heavy atom. The van der Waals surface area contributed by atoms with Gasteiger partial charge in [-0.1, -0.05) is 48.2 Å². The minimum atomic E-state index is -5.11. The summed E-state index contributed by atoms with van der Waals surface area (Å²) in [6, 6.07) is 10.3. The first-order valence-corrected chi connectivity index (χ1v) is 25.5. The molecular weight excluding hydrogens is 1030 g/mol. The molecule has 0 spiro atoms. The Balaban J connectivity index is 1.04. The standard InChI is InChI=1S/C53H63F6N11O8/c1-50(2,52(54,55)56)43(64-49(76)77-5)45(72)62-41(22-32-9-6-31(7-10-32)8-11-34-23-60-47(61-24-34)67-26-37-18-19-38(27-67)70(37)39-29-78-30-39)42(71)28-68(66-46(73)44(63-48(74)75)51(3,4)53(57,58)59)25-33-12-14-35(15-13-33)40-20-21-69(65-40)36-16-17-36/h6-7,9-10,12-15,20-21,23-24,36-39,41-44,63,71H,16-19,22,25-30H2,1-5H3,(H,62,72)(H,64,76)(H,66,73)(H,74,75)/t37?,38?,41-,42-,43+,44+/m0/s1. The average molecular weight is 1100 g/mol. The van der Waals surface area contributed by atoms with Crippen molar-refractivity contribution in [2.24, 2.45) is 10.8 Å². The van der Waals surface area contributed by atoms with Crippen LogP contribution in [0.2, 0.25) is 0 Å². The number of amides is 4. The number of aromatic nitrogens is 4. The van der Waals surface area contributed by atoms with Crippen LogP contribution in [0.15, 0.2) is 73.2 Å². The Hall–Kier alpha value is -7.01. The molecule has 2 unspecified atom stereocenters. The summed E-state index contributed by atoms with van der Waals surface area (Å²) in [6.07, 6.45) is -6.29. The van der Waals surface area contributed by atoms with Gasteiger partial charge in [0.1, 0.15) is 12.1 Å². The van der Waals surface area contributed by atoms with E-state index in [1.54, 1.807) is 66.2 Å². The third-order valence-corrected chi connectivity index (χ3v) is 15.0. The number of fused-ring (bicyclic) bond motifs is 2. The lowest BCUT2D eigenvalue weighted by Gasteiger charge is -2.47. The van der Waals surface area contributed by atoms with Gasteiger partial charge in [-0.05, 0) is 89.1 Å². The van der Waals surface area contributed by atoms with Gasteiger partial charge in [0.15, 0.2) is 0 Å². The van der Waals surface area contributed by atoms with Crippen LogP contribution in [0, 0.1) is 22.7 Å². The van der Waals surface area contributed by atoms with Gasteiger partial charge < -0.3 is 40.5 Å². The first-order valence-electron chi connectivity index (χ1n) is 25.5. The van der Waals surface area contributed by atoms with Gasteiger partial charge in [0, 0.05) is 68.0 Å². The van der Waals surface area contributed by atoms with Crippen molar-refractivity contribution < 1.29 is 65.2 Å². The number of carbonyl (C=O) groups is 4. The molecule has 3 saturated heterocycles. The molecule has 4 amide bonds. The molecule has 78 heavy (non-hydrogen) atoms. The normalized spacial score (nSPS) is 19.6. The summed E-state index contributed by atoms with van der Waals surface area (Å²) >= 11 is 0. The smallest absolute Gasteiger partial charge is 0.407 e. The van der Waals surface area contributed by atoms with Crippen LogP contribution in [0.25, 0.3) is 11.3 Å². The van der Waals surface area contributed by atoms with Crippen LogP contribution in [0.1, 0.15) is 81.7 Å². The highest BCUT2D eigenvalue weighted by atomic mass is 19.4. The van der Waals surface area contributed by atoms with Crippen molar-refractivity contribution in [3.8, 4) is 23.1 Å². The van der Waals surface area contributed by atoms with E-state index in [1.807, 2.05) is 22.3 Å². The molecule has 4 aromatic rings. The van der Waals surface area contributed by atoms with E-state index in [9.17, 15) is 55.7 Å². The quantitative estimate of drug-likeness (QED) is 0.0383. The number of hydrazine groups is 1. The van der Waals surface area contributed by atoms with E-state index in [4.69, 9.17) is 4.74 Å². The third-order valence-electron chi connectivity index (χ3n) is 15.0. The van der Waals surface area contributed by atoms with E-state index < -0.39 is 78.0 Å². The van der Waals surface area contributed by atoms with Gasteiger partial charge in [-0.3, -0.25) is 24.6 Å². The minimum absolute atomic E-state index is 0.300. The highest BCUT2D eigenvalue weighted by Gasteiger charge is 2.57. The van der Waals surface area contributed by atoms with Crippen molar-refractivity contribution in [1.29, 1.82) is 0 Å². The summed E-state index contributed by atoms with van der Waals surface area (Å²) in [5.41, 5.74) is -0.317. The molecule has 3 aliphatic heterocycles. The number of hydrogen-bond donors (Lipinski definition) is 6. The second-order valence-electron chi connectivity index (χ2n) is 21.4. The predicted octanol–water partition coefficient (Wildman–Crippen LogP) is 5.59. The van der Waals surface area contributed by atoms with Crippen LogP contribution in [-0.2, 0) is 32.0 Å². The molecule has 8 rings (SSSR count). The van der Waals surface area contributed by atoms with Crippen molar-refractivity contribution in [3.63, 3.8) is 0 Å². The summed E-state index contributed by atoms with van der Waals surface area (Å²) in [7, 11) is 0.888. The number of halogens is 6. The first kappa shape index (κ1) is 57.2. The van der Waals surface area contributed by atoms with Crippen LogP contribution >= 0.6 is 0 Å². The van der Waals surface area contributed by atoms with Crippen LogP contribution in [0.3, 0.4) is 0 Å². The van der Waals surface area contributed by atoms with Crippen LogP contribution in [0.5, 0.6) is 0 Å². The van der Waals surface area contributed by atoms with Crippen molar-refractivity contribution >= 4 is 29.9 Å². The Morgan fingerprint density at radius 1 is 0.756 bits per heavy atom. The van der Waals surface area contributed by atoms with Crippen LogP contribution in [-0.4, -0.2) is 159 Å². The number of alkyl carbamates (subject to hydrolysis) is 1. The number of nitrogens with one attached hydrogen (secondary N) is 4. The molecule has 2 bridgehead atoms. The van der Waals surface area contributed by atoms with Gasteiger partial charge >= 0.3 is 24.5 Å². The van der Waals surface area contributed by atoms with Crippen molar-refractivity contribution in [3.05, 3.63) is 95.4 Å². The topological polar surface area (TPSA) is 229 Å². The highest BCUT2D eigenvalue weighted by molar-refractivity contribution is 5.87. The number of aliphatic hydroxyl groups excluding tert-OH is 1. The van der Waals surface area contributed by atoms with E-state index in [2.05, 4.69) is 52.2 Å². The van der Waals surface area contributed by atoms with E-state index in [-0.39, 0.29) is 13.0 Å². The number of rotatable bonds is 19.